The lowest BCUT2D eigenvalue weighted by Gasteiger charge is -2.36. The number of rotatable bonds is 5. The van der Waals surface area contributed by atoms with Crippen molar-refractivity contribution < 1.29 is 4.79 Å². The molecule has 1 saturated heterocycles. The van der Waals surface area contributed by atoms with Crippen molar-refractivity contribution in [1.29, 1.82) is 0 Å². The molecule has 3 aromatic heterocycles. The van der Waals surface area contributed by atoms with Crippen LogP contribution in [0.5, 0.6) is 0 Å². The number of nitrogens with one attached hydrogen (secondary N) is 1. The standard InChI is InChI=1S/C25H26N6O/c32-25(19-6-7-19)30-12-10-29(11-13-30)23-8-9-26-24-21(23)14-22(28-24)20-15-27-31(17-20)16-18-4-2-1-3-5-18/h1-5,8-9,14-15,17,19H,6-7,10-13,16H2,(H,26,28). The van der Waals surface area contributed by atoms with Gasteiger partial charge in [-0.2, -0.15) is 5.10 Å². The minimum Gasteiger partial charge on any atom is -0.367 e. The second-order valence-corrected chi connectivity index (χ2v) is 8.77. The number of carbonyl (C=O) groups excluding carboxylic acids is 1. The van der Waals surface area contributed by atoms with Crippen LogP contribution < -0.4 is 4.90 Å². The fourth-order valence-corrected chi connectivity index (χ4v) is 4.56. The number of aromatic nitrogens is 4. The number of fused-ring (bicyclic) bond motifs is 1. The van der Waals surface area contributed by atoms with E-state index in [0.29, 0.717) is 11.8 Å². The van der Waals surface area contributed by atoms with Gasteiger partial charge in [-0.15, -0.1) is 0 Å². The van der Waals surface area contributed by atoms with Gasteiger partial charge >= 0.3 is 0 Å². The summed E-state index contributed by atoms with van der Waals surface area (Å²) in [4.78, 5) is 24.8. The maximum atomic E-state index is 12.4. The average molecular weight is 427 g/mol. The van der Waals surface area contributed by atoms with Crippen LogP contribution >= 0.6 is 0 Å². The van der Waals surface area contributed by atoms with E-state index in [4.69, 9.17) is 0 Å². The van der Waals surface area contributed by atoms with E-state index < -0.39 is 0 Å². The Hall–Kier alpha value is -3.61. The summed E-state index contributed by atoms with van der Waals surface area (Å²) in [5, 5.41) is 5.65. The van der Waals surface area contributed by atoms with E-state index in [9.17, 15) is 4.79 Å². The van der Waals surface area contributed by atoms with Crippen LogP contribution in [0.15, 0.2) is 61.1 Å². The van der Waals surface area contributed by atoms with Crippen molar-refractivity contribution in [3.8, 4) is 11.3 Å². The topological polar surface area (TPSA) is 70.1 Å². The first-order chi connectivity index (χ1) is 15.7. The van der Waals surface area contributed by atoms with Crippen LogP contribution in [-0.2, 0) is 11.3 Å². The Balaban J connectivity index is 1.22. The molecule has 0 unspecified atom stereocenters. The van der Waals surface area contributed by atoms with Gasteiger partial charge in [0.1, 0.15) is 5.65 Å². The zero-order valence-corrected chi connectivity index (χ0v) is 17.9. The average Bonchev–Trinajstić information content (AvgIpc) is 3.42. The maximum Gasteiger partial charge on any atom is 0.225 e. The minimum absolute atomic E-state index is 0.296. The summed E-state index contributed by atoms with van der Waals surface area (Å²) in [5.74, 6) is 0.644. The summed E-state index contributed by atoms with van der Waals surface area (Å²) in [7, 11) is 0. The van der Waals surface area contributed by atoms with Gasteiger partial charge in [-0.25, -0.2) is 4.98 Å². The smallest absolute Gasteiger partial charge is 0.225 e. The second kappa shape index (κ2) is 7.82. The first kappa shape index (κ1) is 19.1. The van der Waals surface area contributed by atoms with Crippen molar-refractivity contribution in [1.82, 2.24) is 24.6 Å². The number of nitrogens with zero attached hydrogens (tertiary/aromatic N) is 5. The minimum atomic E-state index is 0.296. The lowest BCUT2D eigenvalue weighted by Crippen LogP contribution is -2.49. The zero-order valence-electron chi connectivity index (χ0n) is 17.9. The van der Waals surface area contributed by atoms with Crippen LogP contribution in [0.2, 0.25) is 0 Å². The van der Waals surface area contributed by atoms with Crippen LogP contribution in [0.25, 0.3) is 22.3 Å². The monoisotopic (exact) mass is 426 g/mol. The SMILES string of the molecule is O=C(C1CC1)N1CCN(c2ccnc3[nH]c(-c4cnn(Cc5ccccc5)c4)cc23)CC1. The van der Waals surface area contributed by atoms with Gasteiger partial charge < -0.3 is 14.8 Å². The van der Waals surface area contributed by atoms with Crippen LogP contribution in [0.1, 0.15) is 18.4 Å². The molecule has 1 aromatic carbocycles. The third-order valence-electron chi connectivity index (χ3n) is 6.50. The van der Waals surface area contributed by atoms with E-state index in [1.165, 1.54) is 11.3 Å². The van der Waals surface area contributed by atoms with E-state index in [-0.39, 0.29) is 0 Å². The van der Waals surface area contributed by atoms with Crippen LogP contribution in [0.4, 0.5) is 5.69 Å². The fraction of sp³-hybridized carbons (Fsp3) is 0.320. The van der Waals surface area contributed by atoms with Crippen LogP contribution in [-0.4, -0.2) is 56.7 Å². The van der Waals surface area contributed by atoms with E-state index in [0.717, 1.165) is 67.9 Å². The number of anilines is 1. The molecular formula is C25H26N6O. The summed E-state index contributed by atoms with van der Waals surface area (Å²) in [6.45, 7) is 4.04. The molecule has 0 bridgehead atoms. The molecule has 0 radical (unpaired) electrons. The molecule has 7 heteroatoms. The Morgan fingerprint density at radius 3 is 2.66 bits per heavy atom. The van der Waals surface area contributed by atoms with Crippen molar-refractivity contribution in [3.05, 3.63) is 66.6 Å². The van der Waals surface area contributed by atoms with Crippen molar-refractivity contribution in [2.45, 2.75) is 19.4 Å². The Bertz CT molecular complexity index is 1250. The molecule has 0 spiro atoms. The van der Waals surface area contributed by atoms with Gasteiger partial charge in [-0.1, -0.05) is 30.3 Å². The number of benzene rings is 1. The summed E-state index contributed by atoms with van der Waals surface area (Å²) in [5.41, 5.74) is 5.34. The van der Waals surface area contributed by atoms with Crippen LogP contribution in [0, 0.1) is 5.92 Å². The number of hydrogen-bond acceptors (Lipinski definition) is 4. The number of H-pyrrole nitrogens is 1. The third-order valence-corrected chi connectivity index (χ3v) is 6.50. The zero-order chi connectivity index (χ0) is 21.5. The maximum absolute atomic E-state index is 12.4. The fourth-order valence-electron chi connectivity index (χ4n) is 4.56. The van der Waals surface area contributed by atoms with Gasteiger partial charge in [0.25, 0.3) is 0 Å². The number of hydrogen-bond donors (Lipinski definition) is 1. The number of amides is 1. The number of pyridine rings is 1. The van der Waals surface area contributed by atoms with Crippen molar-refractivity contribution in [2.24, 2.45) is 5.92 Å². The summed E-state index contributed by atoms with van der Waals surface area (Å²) < 4.78 is 1.96. The predicted molar refractivity (Wildman–Crippen MR) is 124 cm³/mol. The number of aromatic amines is 1. The largest absolute Gasteiger partial charge is 0.367 e. The molecule has 6 rings (SSSR count). The molecule has 1 saturated carbocycles. The highest BCUT2D eigenvalue weighted by Crippen LogP contribution is 2.33. The highest BCUT2D eigenvalue weighted by molar-refractivity contribution is 5.94. The first-order valence-electron chi connectivity index (χ1n) is 11.3. The third kappa shape index (κ3) is 3.64. The molecule has 1 aliphatic heterocycles. The predicted octanol–water partition coefficient (Wildman–Crippen LogP) is 3.53. The molecule has 1 aliphatic carbocycles. The molecule has 0 atom stereocenters. The molecule has 2 fully saturated rings. The van der Waals surface area contributed by atoms with Gasteiger partial charge in [0.15, 0.2) is 0 Å². The summed E-state index contributed by atoms with van der Waals surface area (Å²) in [6, 6.07) is 14.6. The Kier molecular flexibility index (Phi) is 4.67. The summed E-state index contributed by atoms with van der Waals surface area (Å²) >= 11 is 0. The van der Waals surface area contributed by atoms with Gasteiger partial charge in [0.2, 0.25) is 5.91 Å². The molecular weight excluding hydrogens is 400 g/mol. The van der Waals surface area contributed by atoms with Gasteiger partial charge in [0, 0.05) is 61.1 Å². The highest BCUT2D eigenvalue weighted by Gasteiger charge is 2.34. The molecule has 2 aliphatic rings. The number of carbonyl (C=O) groups is 1. The quantitative estimate of drug-likeness (QED) is 0.530. The van der Waals surface area contributed by atoms with Crippen molar-refractivity contribution in [2.75, 3.05) is 31.1 Å². The Morgan fingerprint density at radius 2 is 1.88 bits per heavy atom. The molecule has 4 heterocycles. The lowest BCUT2D eigenvalue weighted by atomic mass is 10.2. The van der Waals surface area contributed by atoms with Gasteiger partial charge in [-0.3, -0.25) is 9.48 Å². The normalized spacial score (nSPS) is 16.6. The molecule has 7 nitrogen and oxygen atoms in total. The second-order valence-electron chi connectivity index (χ2n) is 8.77. The number of piperazine rings is 1. The van der Waals surface area contributed by atoms with E-state index in [2.05, 4.69) is 50.4 Å². The highest BCUT2D eigenvalue weighted by atomic mass is 16.2. The van der Waals surface area contributed by atoms with Crippen molar-refractivity contribution >= 4 is 22.6 Å². The van der Waals surface area contributed by atoms with E-state index in [1.54, 1.807) is 0 Å². The Labute approximate surface area is 186 Å². The van der Waals surface area contributed by atoms with E-state index in [1.807, 2.05) is 40.2 Å². The molecule has 32 heavy (non-hydrogen) atoms. The Morgan fingerprint density at radius 1 is 1.06 bits per heavy atom. The van der Waals surface area contributed by atoms with Gasteiger partial charge in [-0.05, 0) is 30.5 Å². The van der Waals surface area contributed by atoms with E-state index >= 15 is 0 Å². The molecule has 162 valence electrons. The summed E-state index contributed by atoms with van der Waals surface area (Å²) in [6.07, 6.45) is 7.96. The molecule has 4 aromatic rings. The van der Waals surface area contributed by atoms with Gasteiger partial charge in [0.05, 0.1) is 18.4 Å². The molecule has 1 N–H and O–H groups in total. The van der Waals surface area contributed by atoms with Crippen LogP contribution in [0.3, 0.4) is 0 Å². The van der Waals surface area contributed by atoms with Crippen molar-refractivity contribution in [3.63, 3.8) is 0 Å². The molecule has 1 amide bonds. The first-order valence-corrected chi connectivity index (χ1v) is 11.3. The lowest BCUT2D eigenvalue weighted by molar-refractivity contribution is -0.132.